The average Bonchev–Trinajstić information content (AvgIpc) is 3.13. The van der Waals surface area contributed by atoms with Gasteiger partial charge in [0.25, 0.3) is 0 Å². The van der Waals surface area contributed by atoms with Crippen molar-refractivity contribution in [3.8, 4) is 0 Å². The first kappa shape index (κ1) is 50.4. The summed E-state index contributed by atoms with van der Waals surface area (Å²) in [5.74, 6) is -0.287. The molecule has 0 saturated carbocycles. The molecule has 7 heteroatoms. The highest BCUT2D eigenvalue weighted by Gasteiger charge is 2.14. The van der Waals surface area contributed by atoms with E-state index in [0.717, 1.165) is 110 Å². The van der Waals surface area contributed by atoms with Crippen molar-refractivity contribution < 1.29 is 23.9 Å². The molecular weight excluding hydrogens is 649 g/mol. The van der Waals surface area contributed by atoms with E-state index in [1.54, 1.807) is 0 Å². The number of hydrogen-bond donors (Lipinski definition) is 1. The third-order valence-electron chi connectivity index (χ3n) is 10.5. The molecule has 0 rings (SSSR count). The standard InChI is InChI=1S/C45H88N2O5/c1-4-7-10-13-16-25-32-41-51-44(49)35-28-21-17-23-30-38-47(40-37-43(46)48)39-31-24-18-22-29-36-45(50)52-42(33-26-19-14-11-8-5-2)34-27-20-15-12-9-6-3/h42H,4-41H2,1-3H3,(H2,46,48). The van der Waals surface area contributed by atoms with Gasteiger partial charge in [-0.15, -0.1) is 0 Å². The van der Waals surface area contributed by atoms with Gasteiger partial charge in [0.2, 0.25) is 5.91 Å². The first-order valence-corrected chi connectivity index (χ1v) is 22.8. The quantitative estimate of drug-likeness (QED) is 0.0495. The highest BCUT2D eigenvalue weighted by molar-refractivity contribution is 5.73. The molecule has 2 N–H and O–H groups in total. The van der Waals surface area contributed by atoms with Crippen LogP contribution in [0.5, 0.6) is 0 Å². The first-order chi connectivity index (χ1) is 25.4. The number of rotatable bonds is 42. The summed E-state index contributed by atoms with van der Waals surface area (Å²) in [6, 6.07) is 0. The van der Waals surface area contributed by atoms with Crippen LogP contribution in [0.1, 0.15) is 239 Å². The summed E-state index contributed by atoms with van der Waals surface area (Å²) in [6.07, 6.45) is 38.2. The van der Waals surface area contributed by atoms with Crippen LogP contribution in [0.15, 0.2) is 0 Å². The number of esters is 2. The second kappa shape index (κ2) is 40.6. The minimum absolute atomic E-state index is 0.00155. The van der Waals surface area contributed by atoms with E-state index in [9.17, 15) is 14.4 Å². The highest BCUT2D eigenvalue weighted by atomic mass is 16.5. The molecular formula is C45H88N2O5. The van der Waals surface area contributed by atoms with Crippen LogP contribution < -0.4 is 5.73 Å². The predicted molar refractivity (Wildman–Crippen MR) is 220 cm³/mol. The third-order valence-corrected chi connectivity index (χ3v) is 10.5. The van der Waals surface area contributed by atoms with E-state index < -0.39 is 0 Å². The highest BCUT2D eigenvalue weighted by Crippen LogP contribution is 2.18. The number of carbonyl (C=O) groups is 3. The van der Waals surface area contributed by atoms with Gasteiger partial charge in [-0.1, -0.05) is 162 Å². The van der Waals surface area contributed by atoms with E-state index in [1.165, 1.54) is 109 Å². The normalized spacial score (nSPS) is 11.5. The summed E-state index contributed by atoms with van der Waals surface area (Å²) >= 11 is 0. The molecule has 0 spiro atoms. The third kappa shape index (κ3) is 38.1. The van der Waals surface area contributed by atoms with E-state index in [2.05, 4.69) is 25.7 Å². The van der Waals surface area contributed by atoms with Gasteiger partial charge in [0.15, 0.2) is 0 Å². The Balaban J connectivity index is 4.11. The van der Waals surface area contributed by atoms with Crippen molar-refractivity contribution in [3.05, 3.63) is 0 Å². The maximum absolute atomic E-state index is 12.7. The van der Waals surface area contributed by atoms with Crippen molar-refractivity contribution in [2.75, 3.05) is 26.2 Å². The molecule has 0 bridgehead atoms. The molecule has 0 aliphatic heterocycles. The molecule has 308 valence electrons. The fourth-order valence-corrected chi connectivity index (χ4v) is 7.00. The summed E-state index contributed by atoms with van der Waals surface area (Å²) < 4.78 is 11.4. The van der Waals surface area contributed by atoms with Gasteiger partial charge < -0.3 is 20.1 Å². The fourth-order valence-electron chi connectivity index (χ4n) is 7.00. The molecule has 7 nitrogen and oxygen atoms in total. The minimum atomic E-state index is -0.239. The fraction of sp³-hybridized carbons (Fsp3) is 0.933. The summed E-state index contributed by atoms with van der Waals surface area (Å²) in [4.78, 5) is 38.6. The van der Waals surface area contributed by atoms with Crippen LogP contribution in [0.3, 0.4) is 0 Å². The van der Waals surface area contributed by atoms with E-state index in [0.29, 0.717) is 25.9 Å². The van der Waals surface area contributed by atoms with Gasteiger partial charge in [-0.25, -0.2) is 0 Å². The van der Waals surface area contributed by atoms with Gasteiger partial charge in [-0.2, -0.15) is 0 Å². The Morgan fingerprint density at radius 3 is 1.29 bits per heavy atom. The monoisotopic (exact) mass is 737 g/mol. The number of carbonyl (C=O) groups excluding carboxylic acids is 3. The smallest absolute Gasteiger partial charge is 0.306 e. The lowest BCUT2D eigenvalue weighted by Crippen LogP contribution is -2.30. The Labute approximate surface area is 323 Å². The van der Waals surface area contributed by atoms with Crippen LogP contribution in [0.25, 0.3) is 0 Å². The number of ether oxygens (including phenoxy) is 2. The molecule has 0 aromatic heterocycles. The Bertz CT molecular complexity index is 776. The van der Waals surface area contributed by atoms with Gasteiger partial charge >= 0.3 is 11.9 Å². The number of unbranched alkanes of at least 4 members (excludes halogenated alkanes) is 24. The predicted octanol–water partition coefficient (Wildman–Crippen LogP) is 12.6. The zero-order valence-electron chi connectivity index (χ0n) is 35.0. The second-order valence-electron chi connectivity index (χ2n) is 15.7. The number of nitrogens with zero attached hydrogens (tertiary/aromatic N) is 1. The van der Waals surface area contributed by atoms with Crippen molar-refractivity contribution in [3.63, 3.8) is 0 Å². The number of amides is 1. The summed E-state index contributed by atoms with van der Waals surface area (Å²) in [5.41, 5.74) is 5.46. The molecule has 0 fully saturated rings. The average molecular weight is 737 g/mol. The topological polar surface area (TPSA) is 98.9 Å². The summed E-state index contributed by atoms with van der Waals surface area (Å²) in [5, 5.41) is 0. The van der Waals surface area contributed by atoms with Crippen LogP contribution in [0, 0.1) is 0 Å². The van der Waals surface area contributed by atoms with Crippen molar-refractivity contribution in [1.29, 1.82) is 0 Å². The lowest BCUT2D eigenvalue weighted by Gasteiger charge is -2.21. The first-order valence-electron chi connectivity index (χ1n) is 22.8. The Morgan fingerprint density at radius 2 is 0.827 bits per heavy atom. The summed E-state index contributed by atoms with van der Waals surface area (Å²) in [7, 11) is 0. The van der Waals surface area contributed by atoms with Crippen LogP contribution in [-0.4, -0.2) is 55.1 Å². The molecule has 0 aliphatic rings. The summed E-state index contributed by atoms with van der Waals surface area (Å²) in [6.45, 7) is 10.0. The van der Waals surface area contributed by atoms with E-state index in [-0.39, 0.29) is 23.9 Å². The van der Waals surface area contributed by atoms with Crippen molar-refractivity contribution in [2.24, 2.45) is 5.73 Å². The molecule has 0 atom stereocenters. The van der Waals surface area contributed by atoms with E-state index >= 15 is 0 Å². The molecule has 52 heavy (non-hydrogen) atoms. The van der Waals surface area contributed by atoms with Gasteiger partial charge in [-0.05, 0) is 70.9 Å². The molecule has 1 amide bonds. The van der Waals surface area contributed by atoms with Gasteiger partial charge in [-0.3, -0.25) is 14.4 Å². The Hall–Kier alpha value is -1.63. The van der Waals surface area contributed by atoms with E-state index in [1.807, 2.05) is 0 Å². The zero-order chi connectivity index (χ0) is 38.2. The molecule has 0 saturated heterocycles. The minimum Gasteiger partial charge on any atom is -0.466 e. The lowest BCUT2D eigenvalue weighted by atomic mass is 10.0. The van der Waals surface area contributed by atoms with Gasteiger partial charge in [0.05, 0.1) is 6.61 Å². The molecule has 0 aliphatic carbocycles. The van der Waals surface area contributed by atoms with Crippen molar-refractivity contribution in [1.82, 2.24) is 4.90 Å². The SMILES string of the molecule is CCCCCCCCCOC(=O)CCCCCCCN(CCCCCCCC(=O)OC(CCCCCCCC)CCCCCCCC)CCC(N)=O. The number of primary amides is 1. The van der Waals surface area contributed by atoms with Crippen LogP contribution >= 0.6 is 0 Å². The molecule has 0 aromatic rings. The van der Waals surface area contributed by atoms with Gasteiger partial charge in [0.1, 0.15) is 6.10 Å². The molecule has 0 aromatic carbocycles. The molecule has 0 radical (unpaired) electrons. The van der Waals surface area contributed by atoms with Crippen LogP contribution in [0.4, 0.5) is 0 Å². The Morgan fingerprint density at radius 1 is 0.442 bits per heavy atom. The van der Waals surface area contributed by atoms with Gasteiger partial charge in [0, 0.05) is 25.8 Å². The molecule has 0 unspecified atom stereocenters. The van der Waals surface area contributed by atoms with Crippen molar-refractivity contribution >= 4 is 17.8 Å². The van der Waals surface area contributed by atoms with Crippen LogP contribution in [-0.2, 0) is 23.9 Å². The number of hydrogen-bond acceptors (Lipinski definition) is 6. The van der Waals surface area contributed by atoms with E-state index in [4.69, 9.17) is 15.2 Å². The second-order valence-corrected chi connectivity index (χ2v) is 15.7. The lowest BCUT2D eigenvalue weighted by molar-refractivity contribution is -0.150. The largest absolute Gasteiger partial charge is 0.466 e. The zero-order valence-corrected chi connectivity index (χ0v) is 35.0. The molecule has 0 heterocycles. The van der Waals surface area contributed by atoms with Crippen LogP contribution in [0.2, 0.25) is 0 Å². The maximum atomic E-state index is 12.7. The Kier molecular flexibility index (Phi) is 39.3. The number of nitrogens with two attached hydrogens (primary N) is 1. The van der Waals surface area contributed by atoms with Crippen molar-refractivity contribution in [2.45, 2.75) is 245 Å². The maximum Gasteiger partial charge on any atom is 0.306 e.